The number of hydrogen-bond acceptors (Lipinski definition) is 3. The molecule has 3 amide bonds. The Kier molecular flexibility index (Phi) is 5.76. The van der Waals surface area contributed by atoms with Crippen molar-refractivity contribution in [2.75, 3.05) is 6.54 Å². The number of hydrogen-bond donors (Lipinski definition) is 2. The Hall–Kier alpha value is -2.86. The predicted molar refractivity (Wildman–Crippen MR) is 102 cm³/mol. The zero-order chi connectivity index (χ0) is 19.4. The highest BCUT2D eigenvalue weighted by Gasteiger charge is 2.37. The van der Waals surface area contributed by atoms with Gasteiger partial charge in [0.25, 0.3) is 5.91 Å². The standard InChI is InChI=1S/C20H20ClN3O3/c1-13(14-7-3-2-4-8-14)24-12-15(11-18(24)25)19(26)22-23-20(27)16-9-5-6-10-17(16)21/h2-10,13,15H,11-12H2,1H3,(H,22,26)(H,23,27)/t13-,15-/m0/s1. The van der Waals surface area contributed by atoms with Gasteiger partial charge in [-0.1, -0.05) is 54.1 Å². The minimum atomic E-state index is -0.518. The molecule has 2 aromatic carbocycles. The highest BCUT2D eigenvalue weighted by atomic mass is 35.5. The van der Waals surface area contributed by atoms with Gasteiger partial charge in [0.15, 0.2) is 0 Å². The van der Waals surface area contributed by atoms with Crippen molar-refractivity contribution in [1.82, 2.24) is 15.8 Å². The first-order valence-corrected chi connectivity index (χ1v) is 9.04. The minimum absolute atomic E-state index is 0.0797. The van der Waals surface area contributed by atoms with E-state index in [1.165, 1.54) is 0 Å². The number of carbonyl (C=O) groups is 3. The molecule has 0 unspecified atom stereocenters. The number of carbonyl (C=O) groups excluding carboxylic acids is 3. The molecule has 1 heterocycles. The van der Waals surface area contributed by atoms with Crippen molar-refractivity contribution in [1.29, 1.82) is 0 Å². The van der Waals surface area contributed by atoms with Gasteiger partial charge in [0, 0.05) is 13.0 Å². The topological polar surface area (TPSA) is 78.5 Å². The summed E-state index contributed by atoms with van der Waals surface area (Å²) in [5.41, 5.74) is 6.03. The molecule has 2 atom stereocenters. The molecule has 6 nitrogen and oxygen atoms in total. The van der Waals surface area contributed by atoms with Gasteiger partial charge in [-0.2, -0.15) is 0 Å². The number of nitrogens with one attached hydrogen (secondary N) is 2. The third kappa shape index (κ3) is 4.28. The van der Waals surface area contributed by atoms with Crippen molar-refractivity contribution < 1.29 is 14.4 Å². The average Bonchev–Trinajstić information content (AvgIpc) is 3.08. The van der Waals surface area contributed by atoms with Crippen molar-refractivity contribution in [2.45, 2.75) is 19.4 Å². The molecule has 0 aliphatic carbocycles. The Morgan fingerprint density at radius 3 is 2.44 bits per heavy atom. The van der Waals surface area contributed by atoms with Crippen LogP contribution in [0.2, 0.25) is 5.02 Å². The number of amides is 3. The van der Waals surface area contributed by atoms with Crippen molar-refractivity contribution in [2.24, 2.45) is 5.92 Å². The lowest BCUT2D eigenvalue weighted by molar-refractivity contribution is -0.130. The van der Waals surface area contributed by atoms with Crippen LogP contribution in [-0.4, -0.2) is 29.2 Å². The Morgan fingerprint density at radius 1 is 1.07 bits per heavy atom. The van der Waals surface area contributed by atoms with Gasteiger partial charge in [-0.3, -0.25) is 25.2 Å². The summed E-state index contributed by atoms with van der Waals surface area (Å²) in [6, 6.07) is 16.1. The molecule has 27 heavy (non-hydrogen) atoms. The maximum atomic E-state index is 12.4. The van der Waals surface area contributed by atoms with Gasteiger partial charge in [0.2, 0.25) is 11.8 Å². The van der Waals surface area contributed by atoms with Gasteiger partial charge in [-0.05, 0) is 24.6 Å². The molecule has 0 aromatic heterocycles. The number of hydrazine groups is 1. The van der Waals surface area contributed by atoms with Crippen molar-refractivity contribution in [3.63, 3.8) is 0 Å². The van der Waals surface area contributed by atoms with Crippen LogP contribution in [0.15, 0.2) is 54.6 Å². The summed E-state index contributed by atoms with van der Waals surface area (Å²) in [5.74, 6) is -1.50. The summed E-state index contributed by atoms with van der Waals surface area (Å²) in [4.78, 5) is 38.5. The fourth-order valence-electron chi connectivity index (χ4n) is 3.13. The molecule has 0 saturated carbocycles. The van der Waals surface area contributed by atoms with E-state index in [1.54, 1.807) is 29.2 Å². The van der Waals surface area contributed by atoms with Crippen molar-refractivity contribution >= 4 is 29.3 Å². The quantitative estimate of drug-likeness (QED) is 0.794. The minimum Gasteiger partial charge on any atom is -0.335 e. The number of rotatable bonds is 4. The smallest absolute Gasteiger partial charge is 0.271 e. The lowest BCUT2D eigenvalue weighted by Gasteiger charge is -2.25. The molecule has 140 valence electrons. The van der Waals surface area contributed by atoms with Crippen molar-refractivity contribution in [3.05, 3.63) is 70.7 Å². The molecule has 3 rings (SSSR count). The zero-order valence-electron chi connectivity index (χ0n) is 14.8. The van der Waals surface area contributed by atoms with Gasteiger partial charge in [-0.15, -0.1) is 0 Å². The molecule has 1 fully saturated rings. The first-order valence-electron chi connectivity index (χ1n) is 8.66. The molecule has 0 radical (unpaired) electrons. The predicted octanol–water partition coefficient (Wildman–Crippen LogP) is 2.71. The van der Waals surface area contributed by atoms with Crippen molar-refractivity contribution in [3.8, 4) is 0 Å². The first-order chi connectivity index (χ1) is 13.0. The lowest BCUT2D eigenvalue weighted by Crippen LogP contribution is -2.45. The van der Waals surface area contributed by atoms with E-state index in [-0.39, 0.29) is 23.9 Å². The second-order valence-electron chi connectivity index (χ2n) is 6.46. The SMILES string of the molecule is C[C@@H](c1ccccc1)N1C[C@@H](C(=O)NNC(=O)c2ccccc2Cl)CC1=O. The van der Waals surface area contributed by atoms with Gasteiger partial charge >= 0.3 is 0 Å². The van der Waals surface area contributed by atoms with Crippen LogP contribution in [0.25, 0.3) is 0 Å². The molecule has 2 aromatic rings. The molecule has 2 N–H and O–H groups in total. The number of halogens is 1. The van der Waals surface area contributed by atoms with Crippen LogP contribution in [0.5, 0.6) is 0 Å². The summed E-state index contributed by atoms with van der Waals surface area (Å²) >= 11 is 5.97. The summed E-state index contributed by atoms with van der Waals surface area (Å²) in [6.07, 6.45) is 0.116. The van der Waals surface area contributed by atoms with E-state index >= 15 is 0 Å². The van der Waals surface area contributed by atoms with Gasteiger partial charge in [0.05, 0.1) is 22.5 Å². The molecular formula is C20H20ClN3O3. The van der Waals surface area contributed by atoms with E-state index in [2.05, 4.69) is 10.9 Å². The highest BCUT2D eigenvalue weighted by Crippen LogP contribution is 2.28. The van der Waals surface area contributed by atoms with Crippen LogP contribution in [-0.2, 0) is 9.59 Å². The van der Waals surface area contributed by atoms with Crippen LogP contribution in [0, 0.1) is 5.92 Å². The molecule has 1 aliphatic heterocycles. The van der Waals surface area contributed by atoms with Crippen LogP contribution in [0.4, 0.5) is 0 Å². The number of benzene rings is 2. The Bertz CT molecular complexity index is 857. The van der Waals surface area contributed by atoms with Crippen LogP contribution in [0.1, 0.15) is 35.3 Å². The fraction of sp³-hybridized carbons (Fsp3) is 0.250. The third-order valence-electron chi connectivity index (χ3n) is 4.70. The highest BCUT2D eigenvalue weighted by molar-refractivity contribution is 6.33. The van der Waals surface area contributed by atoms with Gasteiger partial charge < -0.3 is 4.90 Å². The molecule has 0 spiro atoms. The summed E-state index contributed by atoms with van der Waals surface area (Å²) < 4.78 is 0. The van der Waals surface area contributed by atoms with E-state index < -0.39 is 17.7 Å². The largest absolute Gasteiger partial charge is 0.335 e. The molecule has 0 bridgehead atoms. The second-order valence-corrected chi connectivity index (χ2v) is 6.86. The van der Waals surface area contributed by atoms with E-state index in [0.29, 0.717) is 11.6 Å². The van der Waals surface area contributed by atoms with Crippen LogP contribution < -0.4 is 10.9 Å². The first kappa shape index (κ1) is 18.9. The zero-order valence-corrected chi connectivity index (χ0v) is 15.6. The molecule has 7 heteroatoms. The second kappa shape index (κ2) is 8.22. The fourth-order valence-corrected chi connectivity index (χ4v) is 3.35. The number of nitrogens with zero attached hydrogens (tertiary/aromatic N) is 1. The van der Waals surface area contributed by atoms with Gasteiger partial charge in [-0.25, -0.2) is 0 Å². The van der Waals surface area contributed by atoms with Crippen LogP contribution >= 0.6 is 11.6 Å². The Balaban J connectivity index is 1.58. The monoisotopic (exact) mass is 385 g/mol. The molecule has 1 saturated heterocycles. The Labute approximate surface area is 162 Å². The normalized spacial score (nSPS) is 17.5. The molecular weight excluding hydrogens is 366 g/mol. The maximum absolute atomic E-state index is 12.4. The summed E-state index contributed by atoms with van der Waals surface area (Å²) in [7, 11) is 0. The number of likely N-dealkylation sites (tertiary alicyclic amines) is 1. The Morgan fingerprint density at radius 2 is 1.74 bits per heavy atom. The van der Waals surface area contributed by atoms with Crippen LogP contribution in [0.3, 0.4) is 0 Å². The van der Waals surface area contributed by atoms with E-state index in [1.807, 2.05) is 37.3 Å². The van der Waals surface area contributed by atoms with Gasteiger partial charge in [0.1, 0.15) is 0 Å². The lowest BCUT2D eigenvalue weighted by atomic mass is 10.1. The van der Waals surface area contributed by atoms with E-state index in [0.717, 1.165) is 5.56 Å². The average molecular weight is 386 g/mol. The molecule has 1 aliphatic rings. The summed E-state index contributed by atoms with van der Waals surface area (Å²) in [6.45, 7) is 2.25. The van der Waals surface area contributed by atoms with E-state index in [4.69, 9.17) is 11.6 Å². The maximum Gasteiger partial charge on any atom is 0.271 e. The summed E-state index contributed by atoms with van der Waals surface area (Å²) in [5, 5.41) is 0.295. The van der Waals surface area contributed by atoms with E-state index in [9.17, 15) is 14.4 Å². The third-order valence-corrected chi connectivity index (χ3v) is 5.03.